The number of aromatic nitrogens is 1. The van der Waals surface area contributed by atoms with Crippen LogP contribution in [0.2, 0.25) is 0 Å². The van der Waals surface area contributed by atoms with E-state index in [1.807, 2.05) is 36.6 Å². The fraction of sp³-hybridized carbons (Fsp3) is 0.217. The van der Waals surface area contributed by atoms with Gasteiger partial charge in [-0.25, -0.2) is 4.68 Å². The molecule has 0 spiro atoms. The van der Waals surface area contributed by atoms with E-state index in [0.29, 0.717) is 23.8 Å². The molecule has 31 heavy (non-hydrogen) atoms. The highest BCUT2D eigenvalue weighted by Crippen LogP contribution is 2.41. The summed E-state index contributed by atoms with van der Waals surface area (Å²) < 4.78 is 18.2. The molecular formula is C23H25N3O4S. The summed E-state index contributed by atoms with van der Waals surface area (Å²) in [5.74, 6) is 1.84. The zero-order chi connectivity index (χ0) is 22.4. The van der Waals surface area contributed by atoms with Gasteiger partial charge in [-0.15, -0.1) is 17.9 Å². The van der Waals surface area contributed by atoms with Crippen LogP contribution in [0.3, 0.4) is 0 Å². The van der Waals surface area contributed by atoms with Crippen molar-refractivity contribution >= 4 is 17.0 Å². The summed E-state index contributed by atoms with van der Waals surface area (Å²) in [5.41, 5.74) is 3.33. The molecule has 0 aliphatic carbocycles. The Morgan fingerprint density at radius 3 is 2.29 bits per heavy atom. The van der Waals surface area contributed by atoms with Crippen LogP contribution in [0.25, 0.3) is 11.3 Å². The Kier molecular flexibility index (Phi) is 7.15. The third-order valence-electron chi connectivity index (χ3n) is 4.54. The molecule has 0 saturated heterocycles. The molecule has 3 aromatic rings. The third-order valence-corrected chi connectivity index (χ3v) is 5.39. The Balaban J connectivity index is 2.21. The largest absolute Gasteiger partial charge is 0.508 e. The molecule has 0 aliphatic heterocycles. The number of phenolic OH excluding ortho intramolecular Hbond substituents is 1. The van der Waals surface area contributed by atoms with E-state index in [0.717, 1.165) is 27.3 Å². The van der Waals surface area contributed by atoms with Crippen molar-refractivity contribution in [2.75, 3.05) is 27.9 Å². The summed E-state index contributed by atoms with van der Waals surface area (Å²) in [6.07, 6.45) is 1.74. The first kappa shape index (κ1) is 22.2. The van der Waals surface area contributed by atoms with E-state index in [1.165, 1.54) is 11.3 Å². The molecular weight excluding hydrogens is 414 g/mol. The Bertz CT molecular complexity index is 1140. The first-order valence-corrected chi connectivity index (χ1v) is 10.4. The monoisotopic (exact) mass is 439 g/mol. The van der Waals surface area contributed by atoms with Gasteiger partial charge in [0, 0.05) is 10.9 Å². The standard InChI is InChI=1S/C23H25N3O4S/c1-6-11-24-23-26(25-15(2)16-7-9-18(27)10-8-16)19(14-31-23)17-12-20(28-3)22(30-5)21(13-17)29-4/h6-10,12-14,27H,1,11H2,2-5H3. The number of rotatable bonds is 8. The summed E-state index contributed by atoms with van der Waals surface area (Å²) in [4.78, 5) is 5.30. The number of aromatic hydroxyl groups is 1. The smallest absolute Gasteiger partial charge is 0.206 e. The Morgan fingerprint density at radius 1 is 1.10 bits per heavy atom. The van der Waals surface area contributed by atoms with Crippen LogP contribution in [-0.2, 0) is 0 Å². The Hall–Kier alpha value is -3.52. The summed E-state index contributed by atoms with van der Waals surface area (Å²) in [6.45, 7) is 6.13. The molecule has 3 rings (SSSR count). The minimum atomic E-state index is 0.208. The summed E-state index contributed by atoms with van der Waals surface area (Å²) in [7, 11) is 4.74. The number of hydrogen-bond donors (Lipinski definition) is 1. The molecule has 2 aromatic carbocycles. The Morgan fingerprint density at radius 2 is 1.74 bits per heavy atom. The zero-order valence-electron chi connectivity index (χ0n) is 18.0. The van der Waals surface area contributed by atoms with Crippen molar-refractivity contribution < 1.29 is 19.3 Å². The summed E-state index contributed by atoms with van der Waals surface area (Å²) >= 11 is 1.48. The molecule has 1 aromatic heterocycles. The molecule has 0 atom stereocenters. The van der Waals surface area contributed by atoms with Gasteiger partial charge >= 0.3 is 0 Å². The van der Waals surface area contributed by atoms with Gasteiger partial charge in [-0.3, -0.25) is 4.99 Å². The maximum absolute atomic E-state index is 9.57. The fourth-order valence-corrected chi connectivity index (χ4v) is 3.83. The molecule has 0 radical (unpaired) electrons. The first-order chi connectivity index (χ1) is 15.0. The predicted molar refractivity (Wildman–Crippen MR) is 124 cm³/mol. The molecule has 0 fully saturated rings. The van der Waals surface area contributed by atoms with E-state index >= 15 is 0 Å². The SMILES string of the molecule is C=CCN=c1scc(-c2cc(OC)c(OC)c(OC)c2)n1N=C(C)c1ccc(O)cc1. The number of thiazole rings is 1. The van der Waals surface area contributed by atoms with Crippen LogP contribution in [-0.4, -0.2) is 43.4 Å². The first-order valence-electron chi connectivity index (χ1n) is 9.49. The number of ether oxygens (including phenoxy) is 3. The molecule has 0 saturated carbocycles. The molecule has 162 valence electrons. The van der Waals surface area contributed by atoms with Crippen molar-refractivity contribution in [3.63, 3.8) is 0 Å². The fourth-order valence-electron chi connectivity index (χ4n) is 2.98. The minimum Gasteiger partial charge on any atom is -0.508 e. The number of phenols is 1. The van der Waals surface area contributed by atoms with Gasteiger partial charge in [0.05, 0.1) is 39.3 Å². The average molecular weight is 440 g/mol. The maximum atomic E-state index is 9.57. The van der Waals surface area contributed by atoms with Crippen LogP contribution in [0, 0.1) is 0 Å². The van der Waals surface area contributed by atoms with Gasteiger partial charge in [-0.1, -0.05) is 6.08 Å². The molecule has 0 amide bonds. The highest BCUT2D eigenvalue weighted by atomic mass is 32.1. The van der Waals surface area contributed by atoms with Gasteiger partial charge in [0.25, 0.3) is 0 Å². The number of nitrogens with zero attached hydrogens (tertiary/aromatic N) is 3. The maximum Gasteiger partial charge on any atom is 0.206 e. The van der Waals surface area contributed by atoms with Crippen molar-refractivity contribution in [3.05, 3.63) is 64.8 Å². The van der Waals surface area contributed by atoms with Crippen LogP contribution in [0.4, 0.5) is 0 Å². The quantitative estimate of drug-likeness (QED) is 0.419. The summed E-state index contributed by atoms with van der Waals surface area (Å²) in [6, 6.07) is 10.7. The highest BCUT2D eigenvalue weighted by molar-refractivity contribution is 7.07. The van der Waals surface area contributed by atoms with Crippen LogP contribution >= 0.6 is 11.3 Å². The molecule has 1 heterocycles. The lowest BCUT2D eigenvalue weighted by molar-refractivity contribution is 0.324. The number of benzene rings is 2. The average Bonchev–Trinajstić information content (AvgIpc) is 3.19. The Labute approximate surface area is 185 Å². The van der Waals surface area contributed by atoms with E-state index in [1.54, 1.807) is 44.2 Å². The predicted octanol–water partition coefficient (Wildman–Crippen LogP) is 4.31. The van der Waals surface area contributed by atoms with Crippen molar-refractivity contribution in [3.8, 4) is 34.3 Å². The van der Waals surface area contributed by atoms with Crippen LogP contribution in [0.15, 0.2) is 64.5 Å². The normalized spacial score (nSPS) is 12.0. The summed E-state index contributed by atoms with van der Waals surface area (Å²) in [5, 5.41) is 16.4. The van der Waals surface area contributed by atoms with Crippen LogP contribution < -0.4 is 19.0 Å². The van der Waals surface area contributed by atoms with E-state index in [4.69, 9.17) is 19.3 Å². The van der Waals surface area contributed by atoms with E-state index in [-0.39, 0.29) is 5.75 Å². The van der Waals surface area contributed by atoms with Gasteiger partial charge < -0.3 is 19.3 Å². The highest BCUT2D eigenvalue weighted by Gasteiger charge is 2.17. The van der Waals surface area contributed by atoms with Gasteiger partial charge in [0.15, 0.2) is 11.5 Å². The molecule has 0 unspecified atom stereocenters. The van der Waals surface area contributed by atoms with E-state index in [2.05, 4.69) is 11.6 Å². The van der Waals surface area contributed by atoms with Crippen LogP contribution in [0.5, 0.6) is 23.0 Å². The van der Waals surface area contributed by atoms with Gasteiger partial charge in [-0.05, 0) is 48.9 Å². The topological polar surface area (TPSA) is 77.6 Å². The number of hydrogen-bond acceptors (Lipinski definition) is 7. The van der Waals surface area contributed by atoms with Crippen molar-refractivity contribution in [2.24, 2.45) is 10.1 Å². The molecule has 0 aliphatic rings. The molecule has 8 heteroatoms. The molecule has 7 nitrogen and oxygen atoms in total. The second-order valence-electron chi connectivity index (χ2n) is 6.49. The lowest BCUT2D eigenvalue weighted by atomic mass is 10.1. The number of methoxy groups -OCH3 is 3. The molecule has 0 bridgehead atoms. The third kappa shape index (κ3) is 4.80. The lowest BCUT2D eigenvalue weighted by Gasteiger charge is -2.14. The van der Waals surface area contributed by atoms with Crippen molar-refractivity contribution in [2.45, 2.75) is 6.92 Å². The zero-order valence-corrected chi connectivity index (χ0v) is 18.8. The van der Waals surface area contributed by atoms with E-state index in [9.17, 15) is 5.11 Å². The minimum absolute atomic E-state index is 0.208. The van der Waals surface area contributed by atoms with Crippen molar-refractivity contribution in [1.29, 1.82) is 0 Å². The second kappa shape index (κ2) is 9.99. The van der Waals surface area contributed by atoms with Crippen molar-refractivity contribution in [1.82, 2.24) is 4.68 Å². The van der Waals surface area contributed by atoms with Crippen LogP contribution in [0.1, 0.15) is 12.5 Å². The second-order valence-corrected chi connectivity index (χ2v) is 7.33. The van der Waals surface area contributed by atoms with Gasteiger partial charge in [0.2, 0.25) is 10.6 Å². The molecule has 1 N–H and O–H groups in total. The van der Waals surface area contributed by atoms with E-state index < -0.39 is 0 Å². The lowest BCUT2D eigenvalue weighted by Crippen LogP contribution is -2.14. The van der Waals surface area contributed by atoms with Gasteiger partial charge in [-0.2, -0.15) is 5.10 Å². The van der Waals surface area contributed by atoms with Gasteiger partial charge in [0.1, 0.15) is 5.75 Å².